The lowest BCUT2D eigenvalue weighted by molar-refractivity contribution is -0.127. The van der Waals surface area contributed by atoms with Gasteiger partial charge < -0.3 is 14.6 Å². The van der Waals surface area contributed by atoms with E-state index in [1.807, 2.05) is 37.9 Å². The Kier molecular flexibility index (Phi) is 6.90. The van der Waals surface area contributed by atoms with Crippen LogP contribution in [-0.2, 0) is 17.1 Å². The Morgan fingerprint density at radius 3 is 2.61 bits per heavy atom. The highest BCUT2D eigenvalue weighted by molar-refractivity contribution is 7.99. The van der Waals surface area contributed by atoms with Crippen molar-refractivity contribution in [3.63, 3.8) is 0 Å². The predicted octanol–water partition coefficient (Wildman–Crippen LogP) is 2.10. The van der Waals surface area contributed by atoms with Crippen LogP contribution in [0.15, 0.2) is 16.5 Å². The topological polar surface area (TPSA) is 45.5 Å². The average Bonchev–Trinajstić information content (AvgIpc) is 2.79. The van der Waals surface area contributed by atoms with Gasteiger partial charge in [-0.25, -0.2) is 0 Å². The van der Waals surface area contributed by atoms with Crippen LogP contribution in [0, 0.1) is 0 Å². The fourth-order valence-electron chi connectivity index (χ4n) is 1.68. The van der Waals surface area contributed by atoms with E-state index in [2.05, 4.69) is 5.32 Å². The zero-order valence-electron chi connectivity index (χ0n) is 11.4. The third-order valence-corrected chi connectivity index (χ3v) is 3.59. The van der Waals surface area contributed by atoms with Crippen LogP contribution in [0.1, 0.15) is 25.4 Å². The number of carbonyl (C=O) groups is 1. The zero-order chi connectivity index (χ0) is 13.4. The molecular weight excluding hydrogens is 248 g/mol. The second kappa shape index (κ2) is 8.21. The quantitative estimate of drug-likeness (QED) is 0.786. The average molecular weight is 270 g/mol. The first-order valence-electron chi connectivity index (χ1n) is 6.28. The molecule has 0 atom stereocenters. The molecule has 0 bridgehead atoms. The molecular formula is C13H22N2O2S. The van der Waals surface area contributed by atoms with E-state index in [0.29, 0.717) is 5.75 Å². The van der Waals surface area contributed by atoms with Gasteiger partial charge in [0.2, 0.25) is 5.91 Å². The van der Waals surface area contributed by atoms with Gasteiger partial charge in [0, 0.05) is 13.1 Å². The standard InChI is InChI=1S/C13H22N2O2S/c1-4-15(5-2)13(16)10-18-9-12-7-6-11(17-12)8-14-3/h6-7,14H,4-5,8-10H2,1-3H3. The summed E-state index contributed by atoms with van der Waals surface area (Å²) in [5.41, 5.74) is 0. The van der Waals surface area contributed by atoms with Gasteiger partial charge in [0.15, 0.2) is 0 Å². The highest BCUT2D eigenvalue weighted by Gasteiger charge is 2.10. The van der Waals surface area contributed by atoms with E-state index in [4.69, 9.17) is 4.42 Å². The van der Waals surface area contributed by atoms with Gasteiger partial charge in [-0.1, -0.05) is 0 Å². The van der Waals surface area contributed by atoms with Gasteiger partial charge in [0.25, 0.3) is 0 Å². The lowest BCUT2D eigenvalue weighted by atomic mass is 10.4. The lowest BCUT2D eigenvalue weighted by Gasteiger charge is -2.17. The normalized spacial score (nSPS) is 10.6. The first-order chi connectivity index (χ1) is 8.71. The Morgan fingerprint density at radius 1 is 1.33 bits per heavy atom. The molecule has 1 rings (SSSR count). The fourth-order valence-corrected chi connectivity index (χ4v) is 2.49. The van der Waals surface area contributed by atoms with Gasteiger partial charge >= 0.3 is 0 Å². The van der Waals surface area contributed by atoms with Crippen molar-refractivity contribution < 1.29 is 9.21 Å². The van der Waals surface area contributed by atoms with E-state index in [0.717, 1.165) is 36.9 Å². The maximum absolute atomic E-state index is 11.8. The monoisotopic (exact) mass is 270 g/mol. The summed E-state index contributed by atoms with van der Waals surface area (Å²) in [5, 5.41) is 3.04. The van der Waals surface area contributed by atoms with Crippen molar-refractivity contribution in [1.82, 2.24) is 10.2 Å². The fraction of sp³-hybridized carbons (Fsp3) is 0.615. The molecule has 18 heavy (non-hydrogen) atoms. The number of hydrogen-bond acceptors (Lipinski definition) is 4. The van der Waals surface area contributed by atoms with Gasteiger partial charge in [0.05, 0.1) is 18.1 Å². The van der Waals surface area contributed by atoms with Crippen molar-refractivity contribution in [3.05, 3.63) is 23.7 Å². The Labute approximate surface area is 113 Å². The summed E-state index contributed by atoms with van der Waals surface area (Å²) in [4.78, 5) is 13.6. The molecule has 5 heteroatoms. The summed E-state index contributed by atoms with van der Waals surface area (Å²) < 4.78 is 5.61. The Bertz CT molecular complexity index is 362. The SMILES string of the molecule is CCN(CC)C(=O)CSCc1ccc(CNC)o1. The smallest absolute Gasteiger partial charge is 0.232 e. The Hall–Kier alpha value is -0.940. The Balaban J connectivity index is 2.30. The third kappa shape index (κ3) is 4.74. The first-order valence-corrected chi connectivity index (χ1v) is 7.44. The highest BCUT2D eigenvalue weighted by atomic mass is 32.2. The largest absolute Gasteiger partial charge is 0.464 e. The minimum Gasteiger partial charge on any atom is -0.464 e. The van der Waals surface area contributed by atoms with Crippen LogP contribution in [0.25, 0.3) is 0 Å². The molecule has 0 saturated heterocycles. The molecule has 0 aromatic carbocycles. The molecule has 0 saturated carbocycles. The van der Waals surface area contributed by atoms with Gasteiger partial charge in [-0.05, 0) is 33.0 Å². The maximum atomic E-state index is 11.8. The summed E-state index contributed by atoms with van der Waals surface area (Å²) in [7, 11) is 1.89. The van der Waals surface area contributed by atoms with Crippen molar-refractivity contribution in [3.8, 4) is 0 Å². The molecule has 1 N–H and O–H groups in total. The minimum absolute atomic E-state index is 0.201. The summed E-state index contributed by atoms with van der Waals surface area (Å²) in [6, 6.07) is 3.94. The van der Waals surface area contributed by atoms with Crippen LogP contribution in [0.5, 0.6) is 0 Å². The van der Waals surface area contributed by atoms with Crippen LogP contribution < -0.4 is 5.32 Å². The molecule has 0 fully saturated rings. The Morgan fingerprint density at radius 2 is 2.00 bits per heavy atom. The van der Waals surface area contributed by atoms with Crippen LogP contribution >= 0.6 is 11.8 Å². The molecule has 1 aromatic rings. The van der Waals surface area contributed by atoms with E-state index in [1.165, 1.54) is 0 Å². The van der Waals surface area contributed by atoms with Gasteiger partial charge in [-0.2, -0.15) is 0 Å². The van der Waals surface area contributed by atoms with Crippen LogP contribution in [0.2, 0.25) is 0 Å². The molecule has 0 aliphatic heterocycles. The molecule has 102 valence electrons. The summed E-state index contributed by atoms with van der Waals surface area (Å²) >= 11 is 1.60. The number of thioether (sulfide) groups is 1. The van der Waals surface area contributed by atoms with Crippen molar-refractivity contribution >= 4 is 17.7 Å². The van der Waals surface area contributed by atoms with E-state index >= 15 is 0 Å². The van der Waals surface area contributed by atoms with Crippen molar-refractivity contribution in [2.45, 2.75) is 26.1 Å². The second-order valence-electron chi connectivity index (χ2n) is 3.96. The maximum Gasteiger partial charge on any atom is 0.232 e. The minimum atomic E-state index is 0.201. The molecule has 1 heterocycles. The number of nitrogens with one attached hydrogen (secondary N) is 1. The molecule has 0 aliphatic carbocycles. The van der Waals surface area contributed by atoms with Gasteiger partial charge in [-0.3, -0.25) is 4.79 Å². The number of rotatable bonds is 8. The molecule has 0 unspecified atom stereocenters. The van der Waals surface area contributed by atoms with E-state index in [1.54, 1.807) is 11.8 Å². The molecule has 0 radical (unpaired) electrons. The number of hydrogen-bond donors (Lipinski definition) is 1. The number of amides is 1. The molecule has 0 spiro atoms. The second-order valence-corrected chi connectivity index (χ2v) is 4.94. The van der Waals surface area contributed by atoms with E-state index in [-0.39, 0.29) is 5.91 Å². The highest BCUT2D eigenvalue weighted by Crippen LogP contribution is 2.15. The summed E-state index contributed by atoms with van der Waals surface area (Å²) in [5.74, 6) is 3.33. The van der Waals surface area contributed by atoms with Crippen molar-refractivity contribution in [2.75, 3.05) is 25.9 Å². The third-order valence-electron chi connectivity index (χ3n) is 2.65. The van der Waals surface area contributed by atoms with Gasteiger partial charge in [0.1, 0.15) is 11.5 Å². The van der Waals surface area contributed by atoms with Crippen LogP contribution in [0.3, 0.4) is 0 Å². The number of nitrogens with zero attached hydrogens (tertiary/aromatic N) is 1. The van der Waals surface area contributed by atoms with Crippen LogP contribution in [-0.4, -0.2) is 36.7 Å². The van der Waals surface area contributed by atoms with Gasteiger partial charge in [-0.15, -0.1) is 11.8 Å². The van der Waals surface area contributed by atoms with E-state index in [9.17, 15) is 4.79 Å². The predicted molar refractivity (Wildman–Crippen MR) is 75.6 cm³/mol. The molecule has 4 nitrogen and oxygen atoms in total. The zero-order valence-corrected chi connectivity index (χ0v) is 12.2. The number of carbonyl (C=O) groups excluding carboxylic acids is 1. The summed E-state index contributed by atoms with van der Waals surface area (Å²) in [6.07, 6.45) is 0. The summed E-state index contributed by atoms with van der Waals surface area (Å²) in [6.45, 7) is 6.31. The first kappa shape index (κ1) is 15.1. The molecule has 1 aromatic heterocycles. The number of furan rings is 1. The van der Waals surface area contributed by atoms with Crippen molar-refractivity contribution in [1.29, 1.82) is 0 Å². The van der Waals surface area contributed by atoms with Crippen LogP contribution in [0.4, 0.5) is 0 Å². The lowest BCUT2D eigenvalue weighted by Crippen LogP contribution is -2.31. The van der Waals surface area contributed by atoms with Crippen molar-refractivity contribution in [2.24, 2.45) is 0 Å². The molecule has 0 aliphatic rings. The molecule has 1 amide bonds. The van der Waals surface area contributed by atoms with E-state index < -0.39 is 0 Å².